The van der Waals surface area contributed by atoms with Crippen molar-refractivity contribution in [2.75, 3.05) is 36.0 Å². The normalized spacial score (nSPS) is 14.4. The third-order valence-electron chi connectivity index (χ3n) is 3.67. The molecular weight excluding hydrogens is 291 g/mol. The summed E-state index contributed by atoms with van der Waals surface area (Å²) in [5.41, 5.74) is 2.13. The first-order valence-electron chi connectivity index (χ1n) is 7.05. The van der Waals surface area contributed by atoms with Gasteiger partial charge in [0.2, 0.25) is 0 Å². The van der Waals surface area contributed by atoms with Gasteiger partial charge in [-0.15, -0.1) is 0 Å². The van der Waals surface area contributed by atoms with E-state index < -0.39 is 0 Å². The minimum absolute atomic E-state index is 0.176. The zero-order chi connectivity index (χ0) is 15.9. The van der Waals surface area contributed by atoms with Gasteiger partial charge in [-0.2, -0.15) is 0 Å². The van der Waals surface area contributed by atoms with Gasteiger partial charge in [0, 0.05) is 47.2 Å². The molecule has 1 fully saturated rings. The molecule has 1 aliphatic heterocycles. The Bertz CT molecular complexity index is 581. The molecule has 0 radical (unpaired) electrons. The molecule has 0 spiro atoms. The summed E-state index contributed by atoms with van der Waals surface area (Å²) in [7, 11) is 0. The topological polar surface area (TPSA) is 19.4 Å². The van der Waals surface area contributed by atoms with E-state index in [2.05, 4.69) is 26.9 Å². The number of aryl methyl sites for hydroxylation is 1. The number of aromatic nitrogens is 1. The van der Waals surface area contributed by atoms with E-state index in [1.54, 1.807) is 12.1 Å². The molecule has 0 atom stereocenters. The SMILES string of the molecule is Cc1ccc(N2CCN(c3cccc(F)c3)CC2)nc1.FF. The maximum atomic E-state index is 13.3. The van der Waals surface area contributed by atoms with E-state index in [1.165, 1.54) is 11.6 Å². The fourth-order valence-corrected chi connectivity index (χ4v) is 2.51. The highest BCUT2D eigenvalue weighted by Gasteiger charge is 2.18. The average molecular weight is 309 g/mol. The summed E-state index contributed by atoms with van der Waals surface area (Å²) in [4.78, 5) is 8.95. The van der Waals surface area contributed by atoms with Gasteiger partial charge in [-0.05, 0) is 36.8 Å². The maximum Gasteiger partial charge on any atom is 0.128 e. The molecule has 22 heavy (non-hydrogen) atoms. The van der Waals surface area contributed by atoms with Crippen LogP contribution in [0.2, 0.25) is 0 Å². The van der Waals surface area contributed by atoms with Crippen molar-refractivity contribution < 1.29 is 13.5 Å². The van der Waals surface area contributed by atoms with Gasteiger partial charge in [0.1, 0.15) is 11.6 Å². The smallest absolute Gasteiger partial charge is 0.128 e. The van der Waals surface area contributed by atoms with E-state index >= 15 is 0 Å². The fraction of sp³-hybridized carbons (Fsp3) is 0.312. The van der Waals surface area contributed by atoms with Crippen LogP contribution >= 0.6 is 0 Å². The standard InChI is InChI=1S/C16H18FN3.F2/c1-13-5-6-16(18-12-13)20-9-7-19(8-10-20)15-4-2-3-14(17)11-15;1-2/h2-6,11-12H,7-10H2,1H3;. The molecule has 0 N–H and O–H groups in total. The lowest BCUT2D eigenvalue weighted by Gasteiger charge is -2.36. The van der Waals surface area contributed by atoms with Crippen molar-refractivity contribution in [1.29, 1.82) is 0 Å². The molecule has 1 aromatic heterocycles. The first kappa shape index (κ1) is 16.1. The molecular formula is C16H18F3N3. The molecule has 0 saturated carbocycles. The van der Waals surface area contributed by atoms with E-state index in [9.17, 15) is 4.39 Å². The zero-order valence-electron chi connectivity index (χ0n) is 12.3. The van der Waals surface area contributed by atoms with Gasteiger partial charge in [-0.1, -0.05) is 12.1 Å². The molecule has 0 unspecified atom stereocenters. The summed E-state index contributed by atoms with van der Waals surface area (Å²) in [6, 6.07) is 11.0. The summed E-state index contributed by atoms with van der Waals surface area (Å²) in [5, 5.41) is 0. The van der Waals surface area contributed by atoms with Gasteiger partial charge in [-0.3, -0.25) is 0 Å². The number of piperazine rings is 1. The van der Waals surface area contributed by atoms with Crippen molar-refractivity contribution in [3.05, 3.63) is 54.0 Å². The number of hydrogen-bond donors (Lipinski definition) is 0. The Morgan fingerprint density at radius 2 is 1.64 bits per heavy atom. The van der Waals surface area contributed by atoms with Gasteiger partial charge < -0.3 is 9.80 Å². The van der Waals surface area contributed by atoms with E-state index in [0.717, 1.165) is 37.7 Å². The lowest BCUT2D eigenvalue weighted by Crippen LogP contribution is -2.46. The Labute approximate surface area is 127 Å². The molecule has 3 nitrogen and oxygen atoms in total. The van der Waals surface area contributed by atoms with Crippen LogP contribution < -0.4 is 9.80 Å². The number of benzene rings is 1. The van der Waals surface area contributed by atoms with Gasteiger partial charge >= 0.3 is 0 Å². The lowest BCUT2D eigenvalue weighted by atomic mass is 10.2. The van der Waals surface area contributed by atoms with Crippen LogP contribution in [0.4, 0.5) is 25.0 Å². The second kappa shape index (κ2) is 7.68. The highest BCUT2D eigenvalue weighted by molar-refractivity contribution is 5.49. The highest BCUT2D eigenvalue weighted by Crippen LogP contribution is 2.20. The Kier molecular flexibility index (Phi) is 5.63. The second-order valence-corrected chi connectivity index (χ2v) is 5.15. The Morgan fingerprint density at radius 1 is 0.955 bits per heavy atom. The largest absolute Gasteiger partial charge is 0.368 e. The predicted molar refractivity (Wildman–Crippen MR) is 82.0 cm³/mol. The summed E-state index contributed by atoms with van der Waals surface area (Å²) in [6.45, 7) is 5.63. The van der Waals surface area contributed by atoms with Crippen LogP contribution in [0.1, 0.15) is 5.56 Å². The van der Waals surface area contributed by atoms with Crippen molar-refractivity contribution in [1.82, 2.24) is 4.98 Å². The highest BCUT2D eigenvalue weighted by atomic mass is 20.0. The van der Waals surface area contributed by atoms with Crippen molar-refractivity contribution in [3.8, 4) is 0 Å². The van der Waals surface area contributed by atoms with E-state index in [4.69, 9.17) is 9.15 Å². The number of anilines is 2. The minimum atomic E-state index is -0.176. The maximum absolute atomic E-state index is 13.3. The molecule has 1 saturated heterocycles. The summed E-state index contributed by atoms with van der Waals surface area (Å²) in [5.74, 6) is 0.847. The summed E-state index contributed by atoms with van der Waals surface area (Å²) >= 11 is 0. The molecule has 2 aromatic rings. The van der Waals surface area contributed by atoms with Crippen molar-refractivity contribution in [3.63, 3.8) is 0 Å². The molecule has 2 heterocycles. The number of rotatable bonds is 2. The van der Waals surface area contributed by atoms with Crippen LogP contribution in [0.25, 0.3) is 0 Å². The minimum Gasteiger partial charge on any atom is -0.368 e. The fourth-order valence-electron chi connectivity index (χ4n) is 2.51. The quantitative estimate of drug-likeness (QED) is 0.843. The Balaban J connectivity index is 0.000000847. The molecule has 1 aromatic carbocycles. The second-order valence-electron chi connectivity index (χ2n) is 5.15. The van der Waals surface area contributed by atoms with Gasteiger partial charge in [-0.25, -0.2) is 9.37 Å². The zero-order valence-corrected chi connectivity index (χ0v) is 12.3. The molecule has 0 bridgehead atoms. The van der Waals surface area contributed by atoms with Crippen LogP contribution in [0.5, 0.6) is 0 Å². The van der Waals surface area contributed by atoms with Crippen LogP contribution in [0.3, 0.4) is 0 Å². The Hall–Kier alpha value is -2.24. The van der Waals surface area contributed by atoms with E-state index in [0.29, 0.717) is 0 Å². The van der Waals surface area contributed by atoms with Crippen LogP contribution in [-0.2, 0) is 0 Å². The molecule has 0 amide bonds. The van der Waals surface area contributed by atoms with Gasteiger partial charge in [0.15, 0.2) is 0 Å². The number of halogens is 3. The molecule has 118 valence electrons. The summed E-state index contributed by atoms with van der Waals surface area (Å²) in [6.07, 6.45) is 1.90. The van der Waals surface area contributed by atoms with Crippen LogP contribution in [0, 0.1) is 12.7 Å². The van der Waals surface area contributed by atoms with Gasteiger partial charge in [0.05, 0.1) is 0 Å². The predicted octanol–water partition coefficient (Wildman–Crippen LogP) is 3.70. The molecule has 1 aliphatic rings. The first-order valence-corrected chi connectivity index (χ1v) is 7.05. The van der Waals surface area contributed by atoms with Crippen molar-refractivity contribution in [2.24, 2.45) is 0 Å². The number of nitrogens with zero attached hydrogens (tertiary/aromatic N) is 3. The van der Waals surface area contributed by atoms with Crippen molar-refractivity contribution in [2.45, 2.75) is 6.92 Å². The monoisotopic (exact) mass is 309 g/mol. The third kappa shape index (κ3) is 3.90. The molecule has 6 heteroatoms. The lowest BCUT2D eigenvalue weighted by molar-refractivity contribution is 0.108. The molecule has 3 rings (SSSR count). The van der Waals surface area contributed by atoms with Crippen LogP contribution in [-0.4, -0.2) is 31.2 Å². The van der Waals surface area contributed by atoms with E-state index in [-0.39, 0.29) is 5.82 Å². The Morgan fingerprint density at radius 3 is 2.23 bits per heavy atom. The number of hydrogen-bond acceptors (Lipinski definition) is 3. The van der Waals surface area contributed by atoms with E-state index in [1.807, 2.05) is 19.2 Å². The number of pyridine rings is 1. The molecule has 0 aliphatic carbocycles. The third-order valence-corrected chi connectivity index (χ3v) is 3.67. The first-order chi connectivity index (χ1) is 10.7. The van der Waals surface area contributed by atoms with Crippen LogP contribution in [0.15, 0.2) is 42.6 Å². The summed E-state index contributed by atoms with van der Waals surface area (Å²) < 4.78 is 29.3. The van der Waals surface area contributed by atoms with Crippen molar-refractivity contribution >= 4 is 11.5 Å². The van der Waals surface area contributed by atoms with Gasteiger partial charge in [0.25, 0.3) is 0 Å². The average Bonchev–Trinajstić information content (AvgIpc) is 2.58.